The Morgan fingerprint density at radius 3 is 2.26 bits per heavy atom. The topological polar surface area (TPSA) is 52.7 Å². The molecule has 1 fully saturated rings. The summed E-state index contributed by atoms with van der Waals surface area (Å²) in [6.07, 6.45) is 0.792. The van der Waals surface area contributed by atoms with Crippen LogP contribution in [-0.2, 0) is 4.79 Å². The van der Waals surface area contributed by atoms with E-state index in [1.165, 1.54) is 0 Å². The molecule has 7 heteroatoms. The molecule has 1 N–H and O–H groups in total. The Morgan fingerprint density at radius 1 is 1.16 bits per heavy atom. The zero-order valence-electron chi connectivity index (χ0n) is 10.1. The maximum Gasteiger partial charge on any atom is 0.322 e. The van der Waals surface area contributed by atoms with Crippen LogP contribution >= 0.6 is 23.2 Å². The first-order valence-electron chi connectivity index (χ1n) is 5.81. The van der Waals surface area contributed by atoms with Gasteiger partial charge in [0.25, 0.3) is 0 Å². The normalized spacial score (nSPS) is 15.3. The maximum absolute atomic E-state index is 12.1. The Morgan fingerprint density at radius 2 is 1.74 bits per heavy atom. The highest BCUT2D eigenvalue weighted by Gasteiger charge is 2.21. The van der Waals surface area contributed by atoms with E-state index >= 15 is 0 Å². The van der Waals surface area contributed by atoms with Crippen LogP contribution in [0, 0.1) is 0 Å². The first kappa shape index (κ1) is 14.0. The van der Waals surface area contributed by atoms with E-state index in [4.69, 9.17) is 23.2 Å². The zero-order valence-corrected chi connectivity index (χ0v) is 11.6. The van der Waals surface area contributed by atoms with Crippen molar-refractivity contribution >= 4 is 41.3 Å². The van der Waals surface area contributed by atoms with Crippen molar-refractivity contribution in [1.29, 1.82) is 0 Å². The molecule has 1 aliphatic heterocycles. The molecule has 2 rings (SSSR count). The van der Waals surface area contributed by atoms with Crippen molar-refractivity contribution in [3.8, 4) is 0 Å². The lowest BCUT2D eigenvalue weighted by Gasteiger charge is -2.32. The van der Waals surface area contributed by atoms with Gasteiger partial charge < -0.3 is 15.1 Å². The lowest BCUT2D eigenvalue weighted by Crippen LogP contribution is -2.49. The van der Waals surface area contributed by atoms with Crippen molar-refractivity contribution in [2.45, 2.75) is 0 Å². The van der Waals surface area contributed by atoms with Crippen molar-refractivity contribution in [3.63, 3.8) is 0 Å². The lowest BCUT2D eigenvalue weighted by molar-refractivity contribution is -0.119. The van der Waals surface area contributed by atoms with E-state index in [1.54, 1.807) is 28.0 Å². The largest absolute Gasteiger partial charge is 0.342 e. The summed E-state index contributed by atoms with van der Waals surface area (Å²) in [5, 5.41) is 3.49. The highest BCUT2D eigenvalue weighted by molar-refractivity contribution is 6.39. The van der Waals surface area contributed by atoms with E-state index in [2.05, 4.69) is 5.32 Å². The van der Waals surface area contributed by atoms with E-state index in [0.29, 0.717) is 41.9 Å². The highest BCUT2D eigenvalue weighted by atomic mass is 35.5. The fraction of sp³-hybridized carbons (Fsp3) is 0.333. The third-order valence-electron chi connectivity index (χ3n) is 2.95. The van der Waals surface area contributed by atoms with Crippen LogP contribution in [-0.4, -0.2) is 48.4 Å². The average Bonchev–Trinajstić information content (AvgIpc) is 2.43. The second-order valence-electron chi connectivity index (χ2n) is 4.16. The molecule has 1 aromatic carbocycles. The van der Waals surface area contributed by atoms with Gasteiger partial charge >= 0.3 is 6.03 Å². The summed E-state index contributed by atoms with van der Waals surface area (Å²) in [6, 6.07) is 4.77. The maximum atomic E-state index is 12.1. The molecule has 0 saturated carbocycles. The molecule has 0 aromatic heterocycles. The van der Waals surface area contributed by atoms with E-state index in [1.807, 2.05) is 0 Å². The molecule has 102 valence electrons. The first-order valence-corrected chi connectivity index (χ1v) is 6.56. The molecule has 0 atom stereocenters. The number of hydrogen-bond acceptors (Lipinski definition) is 2. The van der Waals surface area contributed by atoms with Gasteiger partial charge in [0.05, 0.1) is 15.7 Å². The zero-order chi connectivity index (χ0) is 13.8. The molecule has 0 radical (unpaired) electrons. The molecule has 0 aliphatic carbocycles. The van der Waals surface area contributed by atoms with Gasteiger partial charge in [-0.3, -0.25) is 4.79 Å². The number of amides is 3. The average molecular weight is 302 g/mol. The summed E-state index contributed by atoms with van der Waals surface area (Å²) >= 11 is 12.0. The van der Waals surface area contributed by atoms with E-state index in [9.17, 15) is 9.59 Å². The molecule has 3 amide bonds. The Balaban J connectivity index is 2.00. The van der Waals surface area contributed by atoms with Crippen LogP contribution < -0.4 is 5.32 Å². The van der Waals surface area contributed by atoms with Crippen LogP contribution in [0.1, 0.15) is 0 Å². The van der Waals surface area contributed by atoms with Gasteiger partial charge in [0.2, 0.25) is 6.41 Å². The molecule has 0 spiro atoms. The number of para-hydroxylation sites is 1. The fourth-order valence-corrected chi connectivity index (χ4v) is 2.33. The van der Waals surface area contributed by atoms with Gasteiger partial charge in [-0.05, 0) is 12.1 Å². The van der Waals surface area contributed by atoms with Crippen molar-refractivity contribution in [3.05, 3.63) is 28.2 Å². The summed E-state index contributed by atoms with van der Waals surface area (Å²) in [6.45, 7) is 2.06. The van der Waals surface area contributed by atoms with Gasteiger partial charge in [0, 0.05) is 26.2 Å². The van der Waals surface area contributed by atoms with E-state index < -0.39 is 0 Å². The minimum atomic E-state index is -0.263. The van der Waals surface area contributed by atoms with Crippen molar-refractivity contribution in [1.82, 2.24) is 9.80 Å². The molecule has 0 unspecified atom stereocenters. The summed E-state index contributed by atoms with van der Waals surface area (Å²) in [7, 11) is 0. The minimum absolute atomic E-state index is 0.263. The number of carbonyl (C=O) groups is 2. The number of rotatable bonds is 2. The Labute approximate surface area is 121 Å². The Kier molecular flexibility index (Phi) is 4.50. The van der Waals surface area contributed by atoms with Crippen molar-refractivity contribution in [2.75, 3.05) is 31.5 Å². The minimum Gasteiger partial charge on any atom is -0.342 e. The second kappa shape index (κ2) is 6.12. The quantitative estimate of drug-likeness (QED) is 0.852. The summed E-state index contributed by atoms with van der Waals surface area (Å²) in [4.78, 5) is 25.9. The van der Waals surface area contributed by atoms with Gasteiger partial charge in [0.1, 0.15) is 0 Å². The molecular weight excluding hydrogens is 289 g/mol. The predicted molar refractivity (Wildman–Crippen MR) is 74.7 cm³/mol. The number of carbonyl (C=O) groups excluding carboxylic acids is 2. The molecule has 1 aromatic rings. The smallest absolute Gasteiger partial charge is 0.322 e. The number of piperazine rings is 1. The SMILES string of the molecule is O=CN1CCN(C(=O)Nc2c(Cl)cccc2Cl)CC1. The molecule has 5 nitrogen and oxygen atoms in total. The van der Waals surface area contributed by atoms with E-state index in [0.717, 1.165) is 6.41 Å². The third kappa shape index (κ3) is 3.30. The molecular formula is C12H13Cl2N3O2. The number of halogens is 2. The van der Waals surface area contributed by atoms with Gasteiger partial charge in [-0.15, -0.1) is 0 Å². The fourth-order valence-electron chi connectivity index (χ4n) is 1.83. The van der Waals surface area contributed by atoms with Gasteiger partial charge in [-0.1, -0.05) is 29.3 Å². The van der Waals surface area contributed by atoms with Crippen LogP contribution in [0.25, 0.3) is 0 Å². The lowest BCUT2D eigenvalue weighted by atomic mass is 10.3. The van der Waals surface area contributed by atoms with Crippen molar-refractivity contribution in [2.24, 2.45) is 0 Å². The highest BCUT2D eigenvalue weighted by Crippen LogP contribution is 2.30. The number of nitrogens with zero attached hydrogens (tertiary/aromatic N) is 2. The molecule has 1 saturated heterocycles. The number of anilines is 1. The number of urea groups is 1. The second-order valence-corrected chi connectivity index (χ2v) is 4.97. The van der Waals surface area contributed by atoms with Gasteiger partial charge in [-0.25, -0.2) is 4.79 Å². The Bertz CT molecular complexity index is 468. The first-order chi connectivity index (χ1) is 9.11. The predicted octanol–water partition coefficient (Wildman–Crippen LogP) is 2.30. The third-order valence-corrected chi connectivity index (χ3v) is 3.58. The monoisotopic (exact) mass is 301 g/mol. The summed E-state index contributed by atoms with van der Waals surface area (Å²) in [5.41, 5.74) is 0.411. The number of benzene rings is 1. The van der Waals surface area contributed by atoms with Crippen molar-refractivity contribution < 1.29 is 9.59 Å². The standard InChI is InChI=1S/C12H13Cl2N3O2/c13-9-2-1-3-10(14)11(9)15-12(19)17-6-4-16(8-18)5-7-17/h1-3,8H,4-7H2,(H,15,19). The summed E-state index contributed by atoms with van der Waals surface area (Å²) < 4.78 is 0. The number of nitrogens with one attached hydrogen (secondary N) is 1. The van der Waals surface area contributed by atoms with Gasteiger partial charge in [-0.2, -0.15) is 0 Å². The van der Waals surface area contributed by atoms with Gasteiger partial charge in [0.15, 0.2) is 0 Å². The van der Waals surface area contributed by atoms with Crippen LogP contribution in [0.15, 0.2) is 18.2 Å². The molecule has 19 heavy (non-hydrogen) atoms. The van der Waals surface area contributed by atoms with Crippen LogP contribution in [0.2, 0.25) is 10.0 Å². The van der Waals surface area contributed by atoms with Crippen LogP contribution in [0.4, 0.5) is 10.5 Å². The van der Waals surface area contributed by atoms with Crippen LogP contribution in [0.5, 0.6) is 0 Å². The molecule has 1 heterocycles. The van der Waals surface area contributed by atoms with E-state index in [-0.39, 0.29) is 6.03 Å². The summed E-state index contributed by atoms with van der Waals surface area (Å²) in [5.74, 6) is 0. The molecule has 0 bridgehead atoms. The Hall–Kier alpha value is -1.46. The van der Waals surface area contributed by atoms with Crippen LogP contribution in [0.3, 0.4) is 0 Å². The number of hydrogen-bond donors (Lipinski definition) is 1. The molecule has 1 aliphatic rings.